The smallest absolute Gasteiger partial charge is 0.275 e. The van der Waals surface area contributed by atoms with Crippen LogP contribution < -0.4 is 19.9 Å². The number of aromatic nitrogens is 3. The quantitative estimate of drug-likeness (QED) is 0.721. The minimum Gasteiger partial charge on any atom is -0.486 e. The zero-order chi connectivity index (χ0) is 16.7. The van der Waals surface area contributed by atoms with Crippen LogP contribution in [0.3, 0.4) is 0 Å². The van der Waals surface area contributed by atoms with Gasteiger partial charge in [0.1, 0.15) is 6.61 Å². The minimum absolute atomic E-state index is 0.108. The number of hydrogen-bond acceptors (Lipinski definition) is 7. The summed E-state index contributed by atoms with van der Waals surface area (Å²) in [5.74, 6) is 1.52. The number of ether oxygens (including phenoxy) is 2. The van der Waals surface area contributed by atoms with Crippen LogP contribution in [0.1, 0.15) is 5.69 Å². The summed E-state index contributed by atoms with van der Waals surface area (Å²) in [6.45, 7) is 2.88. The molecule has 0 aliphatic carbocycles. The Kier molecular flexibility index (Phi) is 3.61. The van der Waals surface area contributed by atoms with Crippen molar-refractivity contribution < 1.29 is 9.47 Å². The Bertz CT molecular complexity index is 952. The fraction of sp³-hybridized carbons (Fsp3) is 0.312. The molecular weight excluding hydrogens is 328 g/mol. The summed E-state index contributed by atoms with van der Waals surface area (Å²) < 4.78 is 13.0. The average Bonchev–Trinajstić information content (AvgIpc) is 2.99. The van der Waals surface area contributed by atoms with E-state index in [2.05, 4.69) is 10.1 Å². The summed E-state index contributed by atoms with van der Waals surface area (Å²) in [4.78, 5) is 18.9. The largest absolute Gasteiger partial charge is 0.486 e. The molecule has 0 N–H and O–H groups in total. The van der Waals surface area contributed by atoms with Crippen molar-refractivity contribution in [2.24, 2.45) is 0 Å². The molecule has 0 saturated heterocycles. The van der Waals surface area contributed by atoms with E-state index >= 15 is 0 Å². The zero-order valence-electron chi connectivity index (χ0n) is 13.3. The van der Waals surface area contributed by atoms with Crippen molar-refractivity contribution in [3.63, 3.8) is 0 Å². The maximum Gasteiger partial charge on any atom is 0.275 e. The molecule has 0 radical (unpaired) electrons. The lowest BCUT2D eigenvalue weighted by Gasteiger charge is -2.29. The molecule has 3 heterocycles. The summed E-state index contributed by atoms with van der Waals surface area (Å²) in [7, 11) is 1.92. The number of rotatable bonds is 3. The number of para-hydroxylation sites is 2. The maximum atomic E-state index is 12.0. The van der Waals surface area contributed by atoms with Crippen LogP contribution in [0.15, 0.2) is 35.1 Å². The Morgan fingerprint density at radius 1 is 1.38 bits per heavy atom. The Balaban J connectivity index is 1.54. The first-order valence-corrected chi connectivity index (χ1v) is 8.39. The van der Waals surface area contributed by atoms with Crippen molar-refractivity contribution in [2.75, 3.05) is 25.1 Å². The number of benzene rings is 1. The molecule has 124 valence electrons. The molecule has 0 bridgehead atoms. The molecule has 24 heavy (non-hydrogen) atoms. The van der Waals surface area contributed by atoms with Gasteiger partial charge in [0.25, 0.3) is 5.56 Å². The predicted molar refractivity (Wildman–Crippen MR) is 91.5 cm³/mol. The molecule has 0 saturated carbocycles. The number of aryl methyl sites for hydroxylation is 1. The molecule has 4 rings (SSSR count). The van der Waals surface area contributed by atoms with Gasteiger partial charge in [0.15, 0.2) is 17.6 Å². The number of fused-ring (bicyclic) bond motifs is 2. The highest BCUT2D eigenvalue weighted by Gasteiger charge is 2.23. The van der Waals surface area contributed by atoms with E-state index in [1.165, 1.54) is 21.9 Å². The van der Waals surface area contributed by atoms with E-state index in [-0.39, 0.29) is 11.7 Å². The van der Waals surface area contributed by atoms with Crippen LogP contribution in [0.25, 0.3) is 4.96 Å². The molecule has 1 atom stereocenters. The fourth-order valence-electron chi connectivity index (χ4n) is 2.60. The van der Waals surface area contributed by atoms with E-state index in [9.17, 15) is 4.79 Å². The normalized spacial score (nSPS) is 16.3. The zero-order valence-corrected chi connectivity index (χ0v) is 14.1. The highest BCUT2D eigenvalue weighted by Crippen LogP contribution is 2.31. The van der Waals surface area contributed by atoms with Gasteiger partial charge in [0.05, 0.1) is 6.54 Å². The van der Waals surface area contributed by atoms with Gasteiger partial charge >= 0.3 is 0 Å². The third-order valence-electron chi connectivity index (χ3n) is 3.73. The maximum absolute atomic E-state index is 12.0. The molecule has 1 aliphatic heterocycles. The topological polar surface area (TPSA) is 69.0 Å². The SMILES string of the molecule is Cc1cc(=O)n2nc(N(C)C[C@@H]3COc4ccccc4O3)sc2n1. The van der Waals surface area contributed by atoms with Gasteiger partial charge < -0.3 is 14.4 Å². The second-order valence-electron chi connectivity index (χ2n) is 5.69. The highest BCUT2D eigenvalue weighted by atomic mass is 32.1. The second kappa shape index (κ2) is 5.79. The van der Waals surface area contributed by atoms with Crippen LogP contribution in [0, 0.1) is 6.92 Å². The van der Waals surface area contributed by atoms with Crippen LogP contribution in [-0.4, -0.2) is 40.9 Å². The predicted octanol–water partition coefficient (Wildman–Crippen LogP) is 1.74. The number of hydrogen-bond donors (Lipinski definition) is 0. The van der Waals surface area contributed by atoms with Gasteiger partial charge in [-0.25, -0.2) is 4.98 Å². The Hall–Kier alpha value is -2.61. The van der Waals surface area contributed by atoms with E-state index in [4.69, 9.17) is 9.47 Å². The molecule has 1 aromatic carbocycles. The van der Waals surface area contributed by atoms with Gasteiger partial charge in [-0.1, -0.05) is 23.5 Å². The van der Waals surface area contributed by atoms with Crippen molar-refractivity contribution in [1.29, 1.82) is 0 Å². The highest BCUT2D eigenvalue weighted by molar-refractivity contribution is 7.20. The summed E-state index contributed by atoms with van der Waals surface area (Å²) in [6.07, 6.45) is -0.108. The Morgan fingerprint density at radius 3 is 3.00 bits per heavy atom. The molecule has 8 heteroatoms. The number of likely N-dealkylation sites (N-methyl/N-ethyl adjacent to an activating group) is 1. The van der Waals surface area contributed by atoms with Crippen molar-refractivity contribution in [3.05, 3.63) is 46.4 Å². The van der Waals surface area contributed by atoms with Gasteiger partial charge in [0.2, 0.25) is 10.1 Å². The number of nitrogens with zero attached hydrogens (tertiary/aromatic N) is 4. The van der Waals surface area contributed by atoms with Crippen molar-refractivity contribution in [3.8, 4) is 11.5 Å². The third-order valence-corrected chi connectivity index (χ3v) is 4.76. The summed E-state index contributed by atoms with van der Waals surface area (Å²) in [5, 5.41) is 5.07. The van der Waals surface area contributed by atoms with E-state index < -0.39 is 0 Å². The summed E-state index contributed by atoms with van der Waals surface area (Å²) in [5.41, 5.74) is 0.526. The van der Waals surface area contributed by atoms with Crippen LogP contribution in [0.5, 0.6) is 11.5 Å². The number of anilines is 1. The fourth-order valence-corrected chi connectivity index (χ4v) is 3.52. The summed E-state index contributed by atoms with van der Waals surface area (Å²) in [6, 6.07) is 9.10. The van der Waals surface area contributed by atoms with Crippen LogP contribution in [0.4, 0.5) is 5.13 Å². The van der Waals surface area contributed by atoms with Crippen molar-refractivity contribution >= 4 is 21.4 Å². The van der Waals surface area contributed by atoms with Crippen molar-refractivity contribution in [2.45, 2.75) is 13.0 Å². The molecule has 0 unspecified atom stereocenters. The molecule has 1 aliphatic rings. The van der Waals surface area contributed by atoms with E-state index in [1.807, 2.05) is 36.2 Å². The van der Waals surface area contributed by atoms with Crippen LogP contribution >= 0.6 is 11.3 Å². The lowest BCUT2D eigenvalue weighted by Crippen LogP contribution is -2.39. The summed E-state index contributed by atoms with van der Waals surface area (Å²) >= 11 is 1.38. The van der Waals surface area contributed by atoms with Crippen LogP contribution in [0.2, 0.25) is 0 Å². The van der Waals surface area contributed by atoms with E-state index in [0.717, 1.165) is 11.5 Å². The average molecular weight is 344 g/mol. The van der Waals surface area contributed by atoms with Gasteiger partial charge in [-0.15, -0.1) is 5.10 Å². The van der Waals surface area contributed by atoms with Gasteiger partial charge in [-0.2, -0.15) is 4.52 Å². The molecule has 0 amide bonds. The molecule has 0 spiro atoms. The third kappa shape index (κ3) is 2.69. The Morgan fingerprint density at radius 2 is 2.17 bits per heavy atom. The van der Waals surface area contributed by atoms with E-state index in [1.54, 1.807) is 6.92 Å². The van der Waals surface area contributed by atoms with Gasteiger partial charge in [0, 0.05) is 18.8 Å². The standard InChI is InChI=1S/C16H16N4O3S/c1-10-7-14(21)20-15(17-10)24-16(18-20)19(2)8-11-9-22-12-5-3-4-6-13(12)23-11/h3-7,11H,8-9H2,1-2H3/t11-/m1/s1. The van der Waals surface area contributed by atoms with E-state index in [0.29, 0.717) is 28.9 Å². The minimum atomic E-state index is -0.167. The molecular formula is C16H16N4O3S. The first-order chi connectivity index (χ1) is 11.6. The van der Waals surface area contributed by atoms with Crippen molar-refractivity contribution in [1.82, 2.24) is 14.6 Å². The molecule has 7 nitrogen and oxygen atoms in total. The van der Waals surface area contributed by atoms with Gasteiger partial charge in [-0.3, -0.25) is 4.79 Å². The molecule has 0 fully saturated rings. The van der Waals surface area contributed by atoms with Crippen LogP contribution in [-0.2, 0) is 0 Å². The second-order valence-corrected chi connectivity index (χ2v) is 6.63. The lowest BCUT2D eigenvalue weighted by atomic mass is 10.2. The first kappa shape index (κ1) is 14.9. The first-order valence-electron chi connectivity index (χ1n) is 7.57. The Labute approximate surface area is 142 Å². The lowest BCUT2D eigenvalue weighted by molar-refractivity contribution is 0.0960. The monoisotopic (exact) mass is 344 g/mol. The van der Waals surface area contributed by atoms with Gasteiger partial charge in [-0.05, 0) is 19.1 Å². The molecule has 2 aromatic heterocycles. The molecule has 3 aromatic rings.